The van der Waals surface area contributed by atoms with Crippen LogP contribution >= 0.6 is 0 Å². The monoisotopic (exact) mass is 442 g/mol. The zero-order valence-corrected chi connectivity index (χ0v) is 18.5. The lowest BCUT2D eigenvalue weighted by Gasteiger charge is -2.36. The van der Waals surface area contributed by atoms with E-state index in [2.05, 4.69) is 20.3 Å². The van der Waals surface area contributed by atoms with E-state index in [1.54, 1.807) is 23.9 Å². The zero-order valence-electron chi connectivity index (χ0n) is 18.5. The molecule has 2 fully saturated rings. The van der Waals surface area contributed by atoms with Gasteiger partial charge < -0.3 is 19.9 Å². The quantitative estimate of drug-likeness (QED) is 0.564. The van der Waals surface area contributed by atoms with Gasteiger partial charge in [-0.05, 0) is 43.2 Å². The summed E-state index contributed by atoms with van der Waals surface area (Å²) < 4.78 is 20.2. The Labute approximate surface area is 188 Å². The maximum Gasteiger partial charge on any atom is 0.225 e. The van der Waals surface area contributed by atoms with Gasteiger partial charge in [0.15, 0.2) is 5.96 Å². The molecule has 8 nitrogen and oxygen atoms in total. The van der Waals surface area contributed by atoms with E-state index in [0.29, 0.717) is 32.8 Å². The zero-order chi connectivity index (χ0) is 22.3. The summed E-state index contributed by atoms with van der Waals surface area (Å²) in [7, 11) is 1.79. The fourth-order valence-electron chi connectivity index (χ4n) is 4.25. The highest BCUT2D eigenvalue weighted by atomic mass is 19.1. The third-order valence-electron chi connectivity index (χ3n) is 6.08. The summed E-state index contributed by atoms with van der Waals surface area (Å²) in [5, 5.41) is 7.99. The first-order chi connectivity index (χ1) is 15.6. The molecule has 3 heterocycles. The predicted molar refractivity (Wildman–Crippen MR) is 120 cm³/mol. The number of aromatic nitrogens is 2. The lowest BCUT2D eigenvalue weighted by Crippen LogP contribution is -2.50. The van der Waals surface area contributed by atoms with Crippen LogP contribution in [0.25, 0.3) is 5.69 Å². The number of benzene rings is 1. The predicted octanol–water partition coefficient (Wildman–Crippen LogP) is 1.70. The van der Waals surface area contributed by atoms with Crippen LogP contribution in [0.5, 0.6) is 0 Å². The van der Waals surface area contributed by atoms with Crippen molar-refractivity contribution in [1.82, 2.24) is 24.9 Å². The second-order valence-corrected chi connectivity index (χ2v) is 8.15. The van der Waals surface area contributed by atoms with Crippen molar-refractivity contribution in [3.8, 4) is 5.69 Å². The smallest absolute Gasteiger partial charge is 0.225 e. The Morgan fingerprint density at radius 3 is 2.53 bits per heavy atom. The first kappa shape index (κ1) is 22.3. The minimum atomic E-state index is -0.258. The second-order valence-electron chi connectivity index (χ2n) is 8.15. The fourth-order valence-corrected chi connectivity index (χ4v) is 4.25. The number of aliphatic imine (C=N–C) groups is 1. The summed E-state index contributed by atoms with van der Waals surface area (Å²) >= 11 is 0. The highest BCUT2D eigenvalue weighted by Crippen LogP contribution is 2.20. The summed E-state index contributed by atoms with van der Waals surface area (Å²) in [5.41, 5.74) is 1.78. The first-order valence-corrected chi connectivity index (χ1v) is 11.3. The van der Waals surface area contributed by atoms with Crippen LogP contribution in [0.4, 0.5) is 4.39 Å². The first-order valence-electron chi connectivity index (χ1n) is 11.3. The van der Waals surface area contributed by atoms with Gasteiger partial charge in [-0.25, -0.2) is 9.07 Å². The Morgan fingerprint density at radius 1 is 1.12 bits per heavy atom. The Kier molecular flexibility index (Phi) is 7.36. The van der Waals surface area contributed by atoms with Crippen molar-refractivity contribution in [3.63, 3.8) is 0 Å². The number of halogens is 1. The van der Waals surface area contributed by atoms with E-state index >= 15 is 0 Å². The molecule has 0 spiro atoms. The Balaban J connectivity index is 1.22. The molecule has 0 bridgehead atoms. The molecule has 2 aromatic rings. The summed E-state index contributed by atoms with van der Waals surface area (Å²) in [5.74, 6) is 0.969. The number of hydrogen-bond donors (Lipinski definition) is 1. The lowest BCUT2D eigenvalue weighted by atomic mass is 9.95. The van der Waals surface area contributed by atoms with Crippen molar-refractivity contribution in [2.24, 2.45) is 10.9 Å². The van der Waals surface area contributed by atoms with E-state index < -0.39 is 0 Å². The average molecular weight is 443 g/mol. The molecule has 9 heteroatoms. The van der Waals surface area contributed by atoms with E-state index in [-0.39, 0.29) is 17.6 Å². The van der Waals surface area contributed by atoms with Gasteiger partial charge in [-0.3, -0.25) is 9.79 Å². The van der Waals surface area contributed by atoms with Gasteiger partial charge in [-0.1, -0.05) is 0 Å². The van der Waals surface area contributed by atoms with E-state index in [0.717, 1.165) is 49.7 Å². The molecule has 32 heavy (non-hydrogen) atoms. The SMILES string of the molecule is CN=C(NCCc1ccn(-c2ccc(F)cc2)n1)N1CCC(C(=O)N2CCOCC2)CC1. The number of piperidine rings is 1. The van der Waals surface area contributed by atoms with Crippen molar-refractivity contribution < 1.29 is 13.9 Å². The number of carbonyl (C=O) groups excluding carboxylic acids is 1. The number of amides is 1. The molecule has 1 N–H and O–H groups in total. The van der Waals surface area contributed by atoms with Gasteiger partial charge >= 0.3 is 0 Å². The maximum absolute atomic E-state index is 13.1. The third-order valence-corrected chi connectivity index (χ3v) is 6.08. The van der Waals surface area contributed by atoms with Gasteiger partial charge in [-0.2, -0.15) is 5.10 Å². The number of guanidine groups is 1. The summed E-state index contributed by atoms with van der Waals surface area (Å²) in [6.07, 6.45) is 4.32. The molecule has 2 aliphatic rings. The molecule has 1 aromatic carbocycles. The molecule has 1 aromatic heterocycles. The number of likely N-dealkylation sites (tertiary alicyclic amines) is 1. The average Bonchev–Trinajstić information content (AvgIpc) is 3.31. The lowest BCUT2D eigenvalue weighted by molar-refractivity contribution is -0.140. The highest BCUT2D eigenvalue weighted by Gasteiger charge is 2.30. The molecule has 0 atom stereocenters. The largest absolute Gasteiger partial charge is 0.378 e. The molecule has 0 saturated carbocycles. The third kappa shape index (κ3) is 5.45. The van der Waals surface area contributed by atoms with Crippen molar-refractivity contribution in [3.05, 3.63) is 48.0 Å². The molecular weight excluding hydrogens is 411 g/mol. The van der Waals surface area contributed by atoms with Gasteiger partial charge in [0, 0.05) is 58.3 Å². The highest BCUT2D eigenvalue weighted by molar-refractivity contribution is 5.81. The minimum Gasteiger partial charge on any atom is -0.378 e. The van der Waals surface area contributed by atoms with Crippen LogP contribution in [0.1, 0.15) is 18.5 Å². The van der Waals surface area contributed by atoms with Crippen LogP contribution in [-0.2, 0) is 16.0 Å². The van der Waals surface area contributed by atoms with Crippen LogP contribution < -0.4 is 5.32 Å². The molecular formula is C23H31FN6O2. The summed E-state index contributed by atoms with van der Waals surface area (Å²) in [6, 6.07) is 8.25. The number of nitrogens with one attached hydrogen (secondary N) is 1. The minimum absolute atomic E-state index is 0.0953. The van der Waals surface area contributed by atoms with Crippen molar-refractivity contribution in [2.75, 3.05) is 53.0 Å². The number of nitrogens with zero attached hydrogens (tertiary/aromatic N) is 5. The van der Waals surface area contributed by atoms with Crippen LogP contribution in [0.2, 0.25) is 0 Å². The van der Waals surface area contributed by atoms with E-state index in [1.807, 2.05) is 17.2 Å². The molecule has 0 unspecified atom stereocenters. The Bertz CT molecular complexity index is 915. The topological polar surface area (TPSA) is 75.0 Å². The molecule has 2 aliphatic heterocycles. The molecule has 0 radical (unpaired) electrons. The molecule has 0 aliphatic carbocycles. The summed E-state index contributed by atoms with van der Waals surface area (Å²) in [4.78, 5) is 21.3. The van der Waals surface area contributed by atoms with Crippen LogP contribution in [0.15, 0.2) is 41.5 Å². The van der Waals surface area contributed by atoms with Crippen molar-refractivity contribution >= 4 is 11.9 Å². The maximum atomic E-state index is 13.1. The molecule has 1 amide bonds. The van der Waals surface area contributed by atoms with Gasteiger partial charge in [0.1, 0.15) is 5.82 Å². The van der Waals surface area contributed by atoms with Gasteiger partial charge in [0.05, 0.1) is 24.6 Å². The van der Waals surface area contributed by atoms with Crippen molar-refractivity contribution in [2.45, 2.75) is 19.3 Å². The number of morpholine rings is 1. The second kappa shape index (κ2) is 10.6. The van der Waals surface area contributed by atoms with E-state index in [9.17, 15) is 9.18 Å². The van der Waals surface area contributed by atoms with Crippen LogP contribution in [-0.4, -0.2) is 84.4 Å². The molecule has 2 saturated heterocycles. The number of carbonyl (C=O) groups is 1. The fraction of sp³-hybridized carbons (Fsp3) is 0.522. The van der Waals surface area contributed by atoms with Crippen LogP contribution in [0.3, 0.4) is 0 Å². The number of rotatable bonds is 5. The van der Waals surface area contributed by atoms with Crippen molar-refractivity contribution in [1.29, 1.82) is 0 Å². The Hall–Kier alpha value is -2.94. The molecule has 4 rings (SSSR count). The summed E-state index contributed by atoms with van der Waals surface area (Å²) in [6.45, 7) is 5.05. The van der Waals surface area contributed by atoms with Crippen LogP contribution in [0, 0.1) is 11.7 Å². The van der Waals surface area contributed by atoms with Gasteiger partial charge in [-0.15, -0.1) is 0 Å². The number of ether oxygens (including phenoxy) is 1. The molecule has 172 valence electrons. The standard InChI is InChI=1S/C23H31FN6O2/c1-25-23(29-11-7-18(8-12-29)22(31)28-14-16-32-17-15-28)26-10-6-20-9-13-30(27-20)21-4-2-19(24)3-5-21/h2-5,9,13,18H,6-8,10-12,14-17H2,1H3,(H,25,26). The Morgan fingerprint density at radius 2 is 1.84 bits per heavy atom. The normalized spacial score (nSPS) is 18.1. The number of hydrogen-bond acceptors (Lipinski definition) is 4. The van der Waals surface area contributed by atoms with E-state index in [4.69, 9.17) is 4.74 Å². The van der Waals surface area contributed by atoms with Gasteiger partial charge in [0.25, 0.3) is 0 Å². The van der Waals surface area contributed by atoms with E-state index in [1.165, 1.54) is 12.1 Å². The van der Waals surface area contributed by atoms with Gasteiger partial charge in [0.2, 0.25) is 5.91 Å².